The third-order valence-electron chi connectivity index (χ3n) is 3.17. The molecule has 0 saturated heterocycles. The van der Waals surface area contributed by atoms with Gasteiger partial charge < -0.3 is 4.74 Å². The first-order chi connectivity index (χ1) is 11.3. The lowest BCUT2D eigenvalue weighted by atomic mass is 10.1. The number of carbonyl (C=O) groups is 1. The Labute approximate surface area is 138 Å². The summed E-state index contributed by atoms with van der Waals surface area (Å²) in [6, 6.07) is 2.52. The van der Waals surface area contributed by atoms with Crippen LogP contribution in [0.1, 0.15) is 22.8 Å². The summed E-state index contributed by atoms with van der Waals surface area (Å²) in [6.07, 6.45) is 0. The summed E-state index contributed by atoms with van der Waals surface area (Å²) < 4.78 is 42.9. The van der Waals surface area contributed by atoms with Crippen LogP contribution in [0.15, 0.2) is 17.0 Å². The number of tetrazole rings is 1. The topological polar surface area (TPSA) is 99.0 Å². The Morgan fingerprint density at radius 3 is 2.71 bits per heavy atom. The molecular weight excluding hydrogens is 344 g/mol. The number of aromatic nitrogens is 4. The lowest BCUT2D eigenvalue weighted by molar-refractivity contribution is -0.0517. The molecule has 130 valence electrons. The second kappa shape index (κ2) is 7.43. The lowest BCUT2D eigenvalue weighted by Gasteiger charge is -2.15. The zero-order valence-electron chi connectivity index (χ0n) is 13.1. The Hall–Kier alpha value is -2.43. The largest absolute Gasteiger partial charge is 0.434 e. The number of rotatable bonds is 6. The average molecular weight is 359 g/mol. The van der Waals surface area contributed by atoms with E-state index < -0.39 is 23.3 Å². The molecule has 11 heteroatoms. The van der Waals surface area contributed by atoms with E-state index in [0.29, 0.717) is 5.56 Å². The molecule has 1 heterocycles. The molecule has 2 aromatic rings. The zero-order chi connectivity index (χ0) is 17.9. The van der Waals surface area contributed by atoms with Crippen LogP contribution in [0.3, 0.4) is 0 Å². The number of halogens is 2. The Morgan fingerprint density at radius 2 is 2.17 bits per heavy atom. The lowest BCUT2D eigenvalue weighted by Crippen LogP contribution is -2.18. The van der Waals surface area contributed by atoms with Crippen molar-refractivity contribution >= 4 is 22.7 Å². The van der Waals surface area contributed by atoms with Crippen molar-refractivity contribution in [2.75, 3.05) is 11.1 Å². The number of hydrogen-bond donors (Lipinski definition) is 1. The van der Waals surface area contributed by atoms with Crippen LogP contribution in [-0.4, -0.2) is 42.7 Å². The molecule has 0 aliphatic rings. The van der Waals surface area contributed by atoms with Crippen LogP contribution in [-0.2, 0) is 17.8 Å². The number of nitrogens with one attached hydrogen (secondary N) is 1. The van der Waals surface area contributed by atoms with Gasteiger partial charge in [-0.25, -0.2) is 4.68 Å². The molecule has 1 aromatic heterocycles. The first-order valence-corrected chi connectivity index (χ1v) is 8.17. The highest BCUT2D eigenvalue weighted by atomic mass is 32.2. The van der Waals surface area contributed by atoms with Crippen molar-refractivity contribution in [1.82, 2.24) is 20.2 Å². The molecule has 1 aromatic carbocycles. The van der Waals surface area contributed by atoms with Crippen molar-refractivity contribution in [3.63, 3.8) is 0 Å². The summed E-state index contributed by atoms with van der Waals surface area (Å²) in [5.74, 6) is -0.452. The van der Waals surface area contributed by atoms with Gasteiger partial charge in [0.05, 0.1) is 15.7 Å². The molecule has 0 bridgehead atoms. The van der Waals surface area contributed by atoms with Crippen molar-refractivity contribution in [3.8, 4) is 5.75 Å². The highest BCUT2D eigenvalue weighted by Gasteiger charge is 2.22. The van der Waals surface area contributed by atoms with Gasteiger partial charge in [-0.1, -0.05) is 12.0 Å². The van der Waals surface area contributed by atoms with Gasteiger partial charge in [-0.05, 0) is 35.0 Å². The van der Waals surface area contributed by atoms with Gasteiger partial charge >= 0.3 is 6.61 Å². The van der Waals surface area contributed by atoms with Crippen molar-refractivity contribution in [2.24, 2.45) is 7.05 Å². The number of carbonyl (C=O) groups excluding carboxylic acids is 1. The summed E-state index contributed by atoms with van der Waals surface area (Å²) in [4.78, 5) is 12.4. The van der Waals surface area contributed by atoms with Gasteiger partial charge in [0, 0.05) is 18.4 Å². The maximum atomic E-state index is 12.5. The molecule has 0 spiro atoms. The highest BCUT2D eigenvalue weighted by molar-refractivity contribution is 7.85. The number of hydrogen-bond acceptors (Lipinski definition) is 6. The van der Waals surface area contributed by atoms with E-state index in [-0.39, 0.29) is 27.9 Å². The van der Waals surface area contributed by atoms with Crippen molar-refractivity contribution in [2.45, 2.75) is 25.4 Å². The van der Waals surface area contributed by atoms with Crippen LogP contribution in [0.5, 0.6) is 5.75 Å². The van der Waals surface area contributed by atoms with Crippen LogP contribution in [0.25, 0.3) is 0 Å². The minimum absolute atomic E-state index is 0.0709. The second-order valence-corrected chi connectivity index (χ2v) is 6.33. The van der Waals surface area contributed by atoms with Crippen molar-refractivity contribution in [1.29, 1.82) is 0 Å². The number of aryl methyl sites for hydroxylation is 1. The smallest absolute Gasteiger partial charge is 0.387 e. The summed E-state index contributed by atoms with van der Waals surface area (Å²) in [6.45, 7) is 0.103. The summed E-state index contributed by atoms with van der Waals surface area (Å²) >= 11 is 0. The fourth-order valence-electron chi connectivity index (χ4n) is 2.03. The van der Waals surface area contributed by atoms with E-state index in [4.69, 9.17) is 0 Å². The van der Waals surface area contributed by atoms with Crippen LogP contribution in [0.2, 0.25) is 0 Å². The summed E-state index contributed by atoms with van der Waals surface area (Å²) in [5.41, 5.74) is 0.456. The molecule has 0 aliphatic heterocycles. The third kappa shape index (κ3) is 3.72. The number of anilines is 1. The number of nitrogens with zero attached hydrogens (tertiary/aromatic N) is 4. The first kappa shape index (κ1) is 17.9. The Balaban J connectivity index is 2.42. The Bertz CT molecular complexity index is 781. The maximum absolute atomic E-state index is 12.5. The quantitative estimate of drug-likeness (QED) is 0.839. The van der Waals surface area contributed by atoms with Gasteiger partial charge in [0.1, 0.15) is 5.75 Å². The SMILES string of the molecule is CCS(=O)c1c(OC(F)F)ccc(C(=O)Nc2nnnn2C)c1C. The minimum Gasteiger partial charge on any atom is -0.434 e. The van der Waals surface area contributed by atoms with Gasteiger partial charge in [0.2, 0.25) is 5.95 Å². The molecule has 1 N–H and O–H groups in total. The predicted octanol–water partition coefficient (Wildman–Crippen LogP) is 1.50. The molecule has 1 amide bonds. The molecule has 0 fully saturated rings. The van der Waals surface area contributed by atoms with Gasteiger partial charge in [0.25, 0.3) is 5.91 Å². The molecular formula is C13H15F2N5O3S. The first-order valence-electron chi connectivity index (χ1n) is 6.85. The normalized spacial score (nSPS) is 12.2. The van der Waals surface area contributed by atoms with Crippen LogP contribution in [0.4, 0.5) is 14.7 Å². The van der Waals surface area contributed by atoms with Crippen LogP contribution in [0, 0.1) is 6.92 Å². The van der Waals surface area contributed by atoms with Gasteiger partial charge in [-0.15, -0.1) is 0 Å². The van der Waals surface area contributed by atoms with E-state index in [1.54, 1.807) is 14.0 Å². The fraction of sp³-hybridized carbons (Fsp3) is 0.385. The third-order valence-corrected chi connectivity index (χ3v) is 4.65. The Kier molecular flexibility index (Phi) is 5.54. The Morgan fingerprint density at radius 1 is 1.46 bits per heavy atom. The minimum atomic E-state index is -3.05. The molecule has 1 unspecified atom stereocenters. The number of benzene rings is 1. The van der Waals surface area contributed by atoms with Crippen molar-refractivity contribution in [3.05, 3.63) is 23.3 Å². The van der Waals surface area contributed by atoms with E-state index in [1.165, 1.54) is 23.7 Å². The van der Waals surface area contributed by atoms with Gasteiger partial charge in [-0.2, -0.15) is 8.78 Å². The maximum Gasteiger partial charge on any atom is 0.387 e. The van der Waals surface area contributed by atoms with E-state index >= 15 is 0 Å². The van der Waals surface area contributed by atoms with Crippen molar-refractivity contribution < 1.29 is 22.5 Å². The summed E-state index contributed by atoms with van der Waals surface area (Å²) in [7, 11) is -0.0424. The molecule has 24 heavy (non-hydrogen) atoms. The highest BCUT2D eigenvalue weighted by Crippen LogP contribution is 2.30. The molecule has 8 nitrogen and oxygen atoms in total. The van der Waals surface area contributed by atoms with Crippen LogP contribution >= 0.6 is 0 Å². The molecule has 2 rings (SSSR count). The second-order valence-electron chi connectivity index (χ2n) is 4.66. The number of amides is 1. The standard InChI is InChI=1S/C13H15F2N5O3S/c1-4-24(22)10-7(2)8(5-6-9(10)23-12(14)15)11(21)16-13-17-18-19-20(13)3/h5-6,12H,4H2,1-3H3,(H,16,17,19,21). The molecule has 0 aliphatic carbocycles. The van der Waals surface area contributed by atoms with Gasteiger partial charge in [0.15, 0.2) is 0 Å². The predicted molar refractivity (Wildman–Crippen MR) is 81.5 cm³/mol. The fourth-order valence-corrected chi connectivity index (χ4v) is 3.11. The molecule has 1 atom stereocenters. The van der Waals surface area contributed by atoms with Crippen LogP contribution < -0.4 is 10.1 Å². The molecule has 0 saturated carbocycles. The number of alkyl halides is 2. The number of ether oxygens (including phenoxy) is 1. The van der Waals surface area contributed by atoms with E-state index in [1.807, 2.05) is 0 Å². The van der Waals surface area contributed by atoms with E-state index in [0.717, 1.165) is 0 Å². The summed E-state index contributed by atoms with van der Waals surface area (Å²) in [5, 5.41) is 13.1. The average Bonchev–Trinajstić information content (AvgIpc) is 2.91. The zero-order valence-corrected chi connectivity index (χ0v) is 13.9. The van der Waals surface area contributed by atoms with E-state index in [2.05, 4.69) is 25.6 Å². The molecule has 0 radical (unpaired) electrons. The monoisotopic (exact) mass is 359 g/mol. The van der Waals surface area contributed by atoms with E-state index in [9.17, 15) is 17.8 Å². The van der Waals surface area contributed by atoms with Gasteiger partial charge in [-0.3, -0.25) is 14.3 Å².